The second kappa shape index (κ2) is 5.79. The van der Waals surface area contributed by atoms with E-state index >= 15 is 0 Å². The van der Waals surface area contributed by atoms with E-state index in [1.165, 1.54) is 22.4 Å². The van der Waals surface area contributed by atoms with Crippen molar-refractivity contribution in [2.45, 2.75) is 59.5 Å². The van der Waals surface area contributed by atoms with Crippen LogP contribution >= 0.6 is 0 Å². The lowest BCUT2D eigenvalue weighted by atomic mass is 9.92. The SMILES string of the molecule is Cc1ccc(-c2ccccc2N(C(C)(C)C)C(C)(C)C)cc1. The van der Waals surface area contributed by atoms with Gasteiger partial charge in [0.25, 0.3) is 0 Å². The van der Waals surface area contributed by atoms with Gasteiger partial charge in [0.05, 0.1) is 0 Å². The van der Waals surface area contributed by atoms with Gasteiger partial charge in [0.2, 0.25) is 0 Å². The first-order valence-electron chi connectivity index (χ1n) is 8.07. The maximum absolute atomic E-state index is 2.52. The molecule has 0 aliphatic rings. The van der Waals surface area contributed by atoms with Gasteiger partial charge < -0.3 is 4.90 Å². The topological polar surface area (TPSA) is 3.24 Å². The molecule has 0 aliphatic heterocycles. The lowest BCUT2D eigenvalue weighted by Gasteiger charge is -2.48. The number of para-hydroxylation sites is 1. The van der Waals surface area contributed by atoms with Gasteiger partial charge in [-0.1, -0.05) is 48.0 Å². The molecule has 2 aromatic rings. The van der Waals surface area contributed by atoms with Crippen LogP contribution in [0.4, 0.5) is 5.69 Å². The zero-order chi connectivity index (χ0) is 16.5. The summed E-state index contributed by atoms with van der Waals surface area (Å²) in [6.07, 6.45) is 0. The highest BCUT2D eigenvalue weighted by molar-refractivity contribution is 5.79. The van der Waals surface area contributed by atoms with Crippen molar-refractivity contribution in [1.82, 2.24) is 0 Å². The highest BCUT2D eigenvalue weighted by Crippen LogP contribution is 2.38. The number of aryl methyl sites for hydroxylation is 1. The molecule has 22 heavy (non-hydrogen) atoms. The summed E-state index contributed by atoms with van der Waals surface area (Å²) < 4.78 is 0. The molecule has 0 amide bonds. The Hall–Kier alpha value is -1.76. The first kappa shape index (κ1) is 16.6. The summed E-state index contributed by atoms with van der Waals surface area (Å²) in [6, 6.07) is 17.5. The molecule has 1 nitrogen and oxygen atoms in total. The number of hydrogen-bond donors (Lipinski definition) is 0. The zero-order valence-electron chi connectivity index (χ0n) is 15.1. The van der Waals surface area contributed by atoms with Gasteiger partial charge in [0.15, 0.2) is 0 Å². The molecule has 0 aliphatic carbocycles. The number of benzene rings is 2. The van der Waals surface area contributed by atoms with Crippen molar-refractivity contribution < 1.29 is 0 Å². The van der Waals surface area contributed by atoms with Crippen LogP contribution in [0.25, 0.3) is 11.1 Å². The van der Waals surface area contributed by atoms with Crippen molar-refractivity contribution in [3.8, 4) is 11.1 Å². The van der Waals surface area contributed by atoms with Crippen LogP contribution in [-0.2, 0) is 0 Å². The number of anilines is 1. The predicted molar refractivity (Wildman–Crippen MR) is 98.6 cm³/mol. The molecule has 0 saturated carbocycles. The minimum Gasteiger partial charge on any atom is -0.361 e. The Morgan fingerprint density at radius 2 is 1.18 bits per heavy atom. The lowest BCUT2D eigenvalue weighted by molar-refractivity contribution is 0.381. The summed E-state index contributed by atoms with van der Waals surface area (Å²) in [4.78, 5) is 2.52. The van der Waals surface area contributed by atoms with Gasteiger partial charge in [0, 0.05) is 22.3 Å². The van der Waals surface area contributed by atoms with Crippen molar-refractivity contribution in [3.05, 3.63) is 54.1 Å². The fraction of sp³-hybridized carbons (Fsp3) is 0.429. The molecule has 0 radical (unpaired) electrons. The molecule has 0 saturated heterocycles. The van der Waals surface area contributed by atoms with Gasteiger partial charge in [-0.15, -0.1) is 0 Å². The normalized spacial score (nSPS) is 12.3. The van der Waals surface area contributed by atoms with Crippen LogP contribution in [0.2, 0.25) is 0 Å². The molecule has 0 bridgehead atoms. The smallest absolute Gasteiger partial charge is 0.0454 e. The number of nitrogens with zero attached hydrogens (tertiary/aromatic N) is 1. The van der Waals surface area contributed by atoms with Gasteiger partial charge in [-0.3, -0.25) is 0 Å². The highest BCUT2D eigenvalue weighted by atomic mass is 15.2. The summed E-state index contributed by atoms with van der Waals surface area (Å²) in [5.74, 6) is 0. The Kier molecular flexibility index (Phi) is 4.37. The summed E-state index contributed by atoms with van der Waals surface area (Å²) in [6.45, 7) is 15.8. The van der Waals surface area contributed by atoms with E-state index in [1.807, 2.05) is 0 Å². The van der Waals surface area contributed by atoms with Crippen molar-refractivity contribution in [3.63, 3.8) is 0 Å². The monoisotopic (exact) mass is 295 g/mol. The Bertz CT molecular complexity index is 610. The van der Waals surface area contributed by atoms with Gasteiger partial charge in [-0.2, -0.15) is 0 Å². The van der Waals surface area contributed by atoms with Crippen LogP contribution in [0, 0.1) is 6.92 Å². The summed E-state index contributed by atoms with van der Waals surface area (Å²) in [5.41, 5.74) is 5.28. The third kappa shape index (κ3) is 3.52. The maximum Gasteiger partial charge on any atom is 0.0454 e. The van der Waals surface area contributed by atoms with Crippen molar-refractivity contribution in [2.75, 3.05) is 4.90 Å². The minimum absolute atomic E-state index is 0.0546. The molecule has 2 rings (SSSR count). The van der Waals surface area contributed by atoms with Gasteiger partial charge in [-0.05, 0) is 60.1 Å². The predicted octanol–water partition coefficient (Wildman–Crippen LogP) is 6.07. The summed E-state index contributed by atoms with van der Waals surface area (Å²) in [7, 11) is 0. The van der Waals surface area contributed by atoms with Crippen LogP contribution < -0.4 is 4.90 Å². The molecule has 0 aromatic heterocycles. The van der Waals surface area contributed by atoms with Gasteiger partial charge in [0.1, 0.15) is 0 Å². The Morgan fingerprint density at radius 1 is 0.682 bits per heavy atom. The van der Waals surface area contributed by atoms with Crippen LogP contribution in [0.5, 0.6) is 0 Å². The Morgan fingerprint density at radius 3 is 1.68 bits per heavy atom. The molecule has 0 fully saturated rings. The maximum atomic E-state index is 2.52. The fourth-order valence-corrected chi connectivity index (χ4v) is 3.37. The second-order valence-corrected chi connectivity index (χ2v) is 8.06. The first-order valence-corrected chi connectivity index (χ1v) is 8.07. The quantitative estimate of drug-likeness (QED) is 0.650. The molecule has 118 valence electrons. The molecule has 0 spiro atoms. The fourth-order valence-electron chi connectivity index (χ4n) is 3.37. The van der Waals surface area contributed by atoms with E-state index in [4.69, 9.17) is 0 Å². The van der Waals surface area contributed by atoms with Crippen LogP contribution in [-0.4, -0.2) is 11.1 Å². The molecule has 1 heteroatoms. The number of rotatable bonds is 2. The lowest BCUT2D eigenvalue weighted by Crippen LogP contribution is -2.53. The second-order valence-electron chi connectivity index (χ2n) is 8.06. The molecule has 0 N–H and O–H groups in total. The molecular weight excluding hydrogens is 266 g/mol. The standard InChI is InChI=1S/C21H29N/c1-16-12-14-17(15-13-16)18-10-8-9-11-19(18)22(20(2,3)4)21(5,6)7/h8-15H,1-7H3. The van der Waals surface area contributed by atoms with Crippen LogP contribution in [0.3, 0.4) is 0 Å². The molecule has 2 aromatic carbocycles. The molecule has 0 heterocycles. The third-order valence-electron chi connectivity index (χ3n) is 3.85. The van der Waals surface area contributed by atoms with E-state index in [-0.39, 0.29) is 11.1 Å². The summed E-state index contributed by atoms with van der Waals surface area (Å²) >= 11 is 0. The highest BCUT2D eigenvalue weighted by Gasteiger charge is 2.32. The van der Waals surface area contributed by atoms with E-state index in [2.05, 4.69) is 102 Å². The summed E-state index contributed by atoms with van der Waals surface area (Å²) in [5, 5.41) is 0. The zero-order valence-corrected chi connectivity index (χ0v) is 15.1. The number of hydrogen-bond acceptors (Lipinski definition) is 1. The Labute approximate surface area is 136 Å². The van der Waals surface area contributed by atoms with Crippen molar-refractivity contribution >= 4 is 5.69 Å². The van der Waals surface area contributed by atoms with Crippen LogP contribution in [0.1, 0.15) is 47.1 Å². The van der Waals surface area contributed by atoms with E-state index in [1.54, 1.807) is 0 Å². The van der Waals surface area contributed by atoms with E-state index in [9.17, 15) is 0 Å². The molecule has 0 atom stereocenters. The third-order valence-corrected chi connectivity index (χ3v) is 3.85. The van der Waals surface area contributed by atoms with E-state index in [0.29, 0.717) is 0 Å². The molecular formula is C21H29N. The minimum atomic E-state index is 0.0546. The Balaban J connectivity index is 2.63. The van der Waals surface area contributed by atoms with Gasteiger partial charge in [-0.25, -0.2) is 0 Å². The van der Waals surface area contributed by atoms with E-state index in [0.717, 1.165) is 0 Å². The average Bonchev–Trinajstić information content (AvgIpc) is 2.37. The van der Waals surface area contributed by atoms with Crippen LogP contribution in [0.15, 0.2) is 48.5 Å². The van der Waals surface area contributed by atoms with Crippen molar-refractivity contribution in [2.24, 2.45) is 0 Å². The van der Waals surface area contributed by atoms with E-state index < -0.39 is 0 Å². The van der Waals surface area contributed by atoms with Crippen molar-refractivity contribution in [1.29, 1.82) is 0 Å². The largest absolute Gasteiger partial charge is 0.361 e. The first-order chi connectivity index (χ1) is 10.1. The van der Waals surface area contributed by atoms with Gasteiger partial charge >= 0.3 is 0 Å². The molecule has 0 unspecified atom stereocenters. The average molecular weight is 295 g/mol.